The summed E-state index contributed by atoms with van der Waals surface area (Å²) >= 11 is 0. The Labute approximate surface area is 128 Å². The number of benzene rings is 1. The van der Waals surface area contributed by atoms with Crippen LogP contribution in [0.15, 0.2) is 29.1 Å². The van der Waals surface area contributed by atoms with Crippen LogP contribution in [0, 0.1) is 5.92 Å². The molecule has 116 valence electrons. The van der Waals surface area contributed by atoms with Crippen molar-refractivity contribution in [3.05, 3.63) is 34.6 Å². The molecule has 1 aromatic heterocycles. The van der Waals surface area contributed by atoms with Crippen LogP contribution in [0.1, 0.15) is 19.8 Å². The van der Waals surface area contributed by atoms with Crippen LogP contribution in [0.2, 0.25) is 0 Å². The second kappa shape index (κ2) is 5.79. The number of para-hydroxylation sites is 2. The molecule has 0 unspecified atom stereocenters. The Bertz CT molecular complexity index is 761. The Morgan fingerprint density at radius 1 is 1.32 bits per heavy atom. The molecule has 0 amide bonds. The van der Waals surface area contributed by atoms with Crippen molar-refractivity contribution in [2.45, 2.75) is 26.3 Å². The normalized spacial score (nSPS) is 16.1. The number of fused-ring (bicyclic) bond motifs is 1. The van der Waals surface area contributed by atoms with Crippen LogP contribution in [-0.2, 0) is 11.3 Å². The Morgan fingerprint density at radius 2 is 2.00 bits per heavy atom. The molecule has 6 heteroatoms. The van der Waals surface area contributed by atoms with E-state index in [-0.39, 0.29) is 11.5 Å². The maximum atomic E-state index is 12.7. The van der Waals surface area contributed by atoms with Crippen molar-refractivity contribution in [2.75, 3.05) is 18.0 Å². The van der Waals surface area contributed by atoms with Crippen LogP contribution in [-0.4, -0.2) is 33.7 Å². The van der Waals surface area contributed by atoms with Gasteiger partial charge in [0.1, 0.15) is 0 Å². The van der Waals surface area contributed by atoms with E-state index in [1.165, 1.54) is 0 Å². The molecule has 0 spiro atoms. The minimum atomic E-state index is -0.753. The van der Waals surface area contributed by atoms with E-state index < -0.39 is 5.97 Å². The van der Waals surface area contributed by atoms with Gasteiger partial charge in [0.2, 0.25) is 0 Å². The third-order valence-electron chi connectivity index (χ3n) is 4.30. The lowest BCUT2D eigenvalue weighted by atomic mass is 9.97. The highest BCUT2D eigenvalue weighted by Gasteiger charge is 2.27. The van der Waals surface area contributed by atoms with Gasteiger partial charge in [-0.25, -0.2) is 4.98 Å². The summed E-state index contributed by atoms with van der Waals surface area (Å²) in [7, 11) is 0. The van der Waals surface area contributed by atoms with Gasteiger partial charge in [0.25, 0.3) is 5.56 Å². The van der Waals surface area contributed by atoms with Crippen molar-refractivity contribution >= 4 is 22.8 Å². The van der Waals surface area contributed by atoms with Gasteiger partial charge in [-0.2, -0.15) is 0 Å². The summed E-state index contributed by atoms with van der Waals surface area (Å²) in [5.41, 5.74) is 1.52. The first-order valence-electron chi connectivity index (χ1n) is 7.59. The maximum absolute atomic E-state index is 12.7. The minimum absolute atomic E-state index is 0.102. The SMILES string of the molecule is CCn1c(=O)c(N2CCC(C(=O)O)CC2)nc2ccccc21. The van der Waals surface area contributed by atoms with Crippen molar-refractivity contribution in [3.8, 4) is 0 Å². The summed E-state index contributed by atoms with van der Waals surface area (Å²) in [5, 5.41) is 9.07. The molecule has 2 heterocycles. The van der Waals surface area contributed by atoms with Gasteiger partial charge in [-0.1, -0.05) is 12.1 Å². The average Bonchev–Trinajstić information content (AvgIpc) is 2.54. The number of carboxylic acid groups (broad SMARTS) is 1. The number of piperidine rings is 1. The van der Waals surface area contributed by atoms with Gasteiger partial charge in [-0.15, -0.1) is 0 Å². The molecule has 1 aliphatic heterocycles. The lowest BCUT2D eigenvalue weighted by Gasteiger charge is -2.30. The highest BCUT2D eigenvalue weighted by atomic mass is 16.4. The molecule has 1 N–H and O–H groups in total. The van der Waals surface area contributed by atoms with Crippen LogP contribution in [0.4, 0.5) is 5.82 Å². The fourth-order valence-electron chi connectivity index (χ4n) is 3.04. The van der Waals surface area contributed by atoms with Crippen LogP contribution in [0.3, 0.4) is 0 Å². The fourth-order valence-corrected chi connectivity index (χ4v) is 3.04. The van der Waals surface area contributed by atoms with Crippen molar-refractivity contribution < 1.29 is 9.90 Å². The molecule has 0 atom stereocenters. The summed E-state index contributed by atoms with van der Waals surface area (Å²) in [6.45, 7) is 3.64. The maximum Gasteiger partial charge on any atom is 0.306 e. The van der Waals surface area contributed by atoms with Crippen molar-refractivity contribution in [1.82, 2.24) is 9.55 Å². The Hall–Kier alpha value is -2.37. The molecular weight excluding hydrogens is 282 g/mol. The van der Waals surface area contributed by atoms with Crippen LogP contribution >= 0.6 is 0 Å². The molecular formula is C16H19N3O3. The predicted octanol–water partition coefficient (Wildman–Crippen LogP) is 1.72. The van der Waals surface area contributed by atoms with E-state index >= 15 is 0 Å². The van der Waals surface area contributed by atoms with E-state index in [1.807, 2.05) is 36.1 Å². The number of hydrogen-bond acceptors (Lipinski definition) is 4. The molecule has 22 heavy (non-hydrogen) atoms. The van der Waals surface area contributed by atoms with Gasteiger partial charge in [0.05, 0.1) is 17.0 Å². The lowest BCUT2D eigenvalue weighted by molar-refractivity contribution is -0.142. The molecule has 6 nitrogen and oxygen atoms in total. The van der Waals surface area contributed by atoms with Crippen LogP contribution < -0.4 is 10.5 Å². The summed E-state index contributed by atoms with van der Waals surface area (Å²) < 4.78 is 1.72. The molecule has 1 aliphatic rings. The van der Waals surface area contributed by atoms with E-state index in [0.29, 0.717) is 38.3 Å². The largest absolute Gasteiger partial charge is 0.481 e. The number of carbonyl (C=O) groups is 1. The second-order valence-electron chi connectivity index (χ2n) is 5.57. The Balaban J connectivity index is 2.00. The first-order valence-corrected chi connectivity index (χ1v) is 7.59. The van der Waals surface area contributed by atoms with E-state index in [0.717, 1.165) is 11.0 Å². The number of aliphatic carboxylic acids is 1. The summed E-state index contributed by atoms with van der Waals surface area (Å²) in [6, 6.07) is 7.59. The number of anilines is 1. The molecule has 0 radical (unpaired) electrons. The topological polar surface area (TPSA) is 75.4 Å². The standard InChI is InChI=1S/C16H19N3O3/c1-2-19-13-6-4-3-5-12(13)17-14(15(19)20)18-9-7-11(8-10-18)16(21)22/h3-6,11H,2,7-10H2,1H3,(H,21,22). The average molecular weight is 301 g/mol. The number of carboxylic acids is 1. The molecule has 0 saturated carbocycles. The summed E-state index contributed by atoms with van der Waals surface area (Å²) in [4.78, 5) is 30.1. The first-order chi connectivity index (χ1) is 10.6. The molecule has 0 aliphatic carbocycles. The van der Waals surface area contributed by atoms with Gasteiger partial charge < -0.3 is 14.6 Å². The third-order valence-corrected chi connectivity index (χ3v) is 4.30. The molecule has 1 saturated heterocycles. The van der Waals surface area contributed by atoms with E-state index in [4.69, 9.17) is 5.11 Å². The molecule has 1 fully saturated rings. The second-order valence-corrected chi connectivity index (χ2v) is 5.57. The lowest BCUT2D eigenvalue weighted by Crippen LogP contribution is -2.40. The summed E-state index contributed by atoms with van der Waals surface area (Å²) in [5.74, 6) is -0.633. The first kappa shape index (κ1) is 14.6. The minimum Gasteiger partial charge on any atom is -0.481 e. The van der Waals surface area contributed by atoms with Crippen molar-refractivity contribution in [3.63, 3.8) is 0 Å². The summed E-state index contributed by atoms with van der Waals surface area (Å²) in [6.07, 6.45) is 1.10. The van der Waals surface area contributed by atoms with Gasteiger partial charge >= 0.3 is 5.97 Å². The van der Waals surface area contributed by atoms with E-state index in [2.05, 4.69) is 4.98 Å². The zero-order valence-electron chi connectivity index (χ0n) is 12.5. The van der Waals surface area contributed by atoms with Gasteiger partial charge in [0.15, 0.2) is 5.82 Å². The monoisotopic (exact) mass is 301 g/mol. The number of aryl methyl sites for hydroxylation is 1. The quantitative estimate of drug-likeness (QED) is 0.934. The van der Waals surface area contributed by atoms with Crippen LogP contribution in [0.5, 0.6) is 0 Å². The van der Waals surface area contributed by atoms with Crippen molar-refractivity contribution in [2.24, 2.45) is 5.92 Å². The Kier molecular flexibility index (Phi) is 3.83. The zero-order valence-corrected chi connectivity index (χ0v) is 12.5. The molecule has 2 aromatic rings. The highest BCUT2D eigenvalue weighted by molar-refractivity contribution is 5.76. The molecule has 3 rings (SSSR count). The van der Waals surface area contributed by atoms with Gasteiger partial charge in [0, 0.05) is 19.6 Å². The predicted molar refractivity (Wildman–Crippen MR) is 84.2 cm³/mol. The fraction of sp³-hybridized carbons (Fsp3) is 0.438. The van der Waals surface area contributed by atoms with Crippen LogP contribution in [0.25, 0.3) is 11.0 Å². The van der Waals surface area contributed by atoms with Gasteiger partial charge in [-0.3, -0.25) is 9.59 Å². The number of rotatable bonds is 3. The smallest absolute Gasteiger partial charge is 0.306 e. The van der Waals surface area contributed by atoms with E-state index in [9.17, 15) is 9.59 Å². The number of hydrogen-bond donors (Lipinski definition) is 1. The molecule has 0 bridgehead atoms. The number of nitrogens with zero attached hydrogens (tertiary/aromatic N) is 3. The molecule has 1 aromatic carbocycles. The highest BCUT2D eigenvalue weighted by Crippen LogP contribution is 2.21. The zero-order chi connectivity index (χ0) is 15.7. The van der Waals surface area contributed by atoms with Gasteiger partial charge in [-0.05, 0) is 31.9 Å². The third kappa shape index (κ3) is 2.45. The number of aromatic nitrogens is 2. The van der Waals surface area contributed by atoms with E-state index in [1.54, 1.807) is 4.57 Å². The van der Waals surface area contributed by atoms with Crippen molar-refractivity contribution in [1.29, 1.82) is 0 Å². The Morgan fingerprint density at radius 3 is 2.64 bits per heavy atom.